The third-order valence-corrected chi connectivity index (χ3v) is 6.34. The van der Waals surface area contributed by atoms with Crippen LogP contribution in [0.5, 0.6) is 0 Å². The molecule has 0 aromatic carbocycles. The van der Waals surface area contributed by atoms with Gasteiger partial charge in [-0.15, -0.1) is 10.2 Å². The van der Waals surface area contributed by atoms with Crippen LogP contribution in [0.1, 0.15) is 29.3 Å². The first-order valence-electron chi connectivity index (χ1n) is 7.39. The zero-order valence-corrected chi connectivity index (χ0v) is 15.7. The van der Waals surface area contributed by atoms with Crippen molar-refractivity contribution in [2.24, 2.45) is 7.05 Å². The first-order chi connectivity index (χ1) is 12.0. The van der Waals surface area contributed by atoms with Crippen molar-refractivity contribution < 1.29 is 26.4 Å². The normalized spacial score (nSPS) is 12.6. The molecule has 1 N–H and O–H groups in total. The molecule has 26 heavy (non-hydrogen) atoms. The van der Waals surface area contributed by atoms with Crippen molar-refractivity contribution in [3.05, 3.63) is 23.0 Å². The van der Waals surface area contributed by atoms with Crippen LogP contribution in [0, 0.1) is 0 Å². The van der Waals surface area contributed by atoms with Crippen molar-refractivity contribution in [3.63, 3.8) is 0 Å². The maximum atomic E-state index is 12.5. The lowest BCUT2D eigenvalue weighted by atomic mass is 10.4. The molecule has 0 aliphatic rings. The van der Waals surface area contributed by atoms with E-state index < -0.39 is 27.1 Å². The van der Waals surface area contributed by atoms with E-state index in [9.17, 15) is 26.4 Å². The molecule has 0 bridgehead atoms. The number of alkyl halides is 3. The molecule has 1 amide bonds. The van der Waals surface area contributed by atoms with Crippen molar-refractivity contribution in [1.29, 1.82) is 0 Å². The minimum Gasteiger partial charge on any atom is -0.345 e. The Balaban J connectivity index is 2.26. The highest BCUT2D eigenvalue weighted by atomic mass is 32.2. The molecule has 0 aliphatic carbocycles. The monoisotopic (exact) mass is 411 g/mol. The summed E-state index contributed by atoms with van der Waals surface area (Å²) in [6.07, 6.45) is -3.39. The second kappa shape index (κ2) is 7.32. The first-order valence-corrected chi connectivity index (χ1v) is 9.64. The maximum Gasteiger partial charge on any atom is 0.445 e. The van der Waals surface area contributed by atoms with E-state index in [4.69, 9.17) is 0 Å². The largest absolute Gasteiger partial charge is 0.445 e. The number of halogens is 3. The van der Waals surface area contributed by atoms with Gasteiger partial charge in [0.05, 0.1) is 0 Å². The van der Waals surface area contributed by atoms with Gasteiger partial charge in [0.1, 0.15) is 10.6 Å². The van der Waals surface area contributed by atoms with E-state index in [-0.39, 0.29) is 40.1 Å². The molecule has 0 saturated heterocycles. The predicted octanol–water partition coefficient (Wildman–Crippen LogP) is 2.18. The van der Waals surface area contributed by atoms with E-state index >= 15 is 0 Å². The number of aryl methyl sites for hydroxylation is 1. The van der Waals surface area contributed by atoms with Gasteiger partial charge < -0.3 is 4.57 Å². The van der Waals surface area contributed by atoms with Gasteiger partial charge in [-0.05, 0) is 6.07 Å². The molecule has 0 atom stereocenters. The number of aromatic nitrogens is 3. The van der Waals surface area contributed by atoms with Gasteiger partial charge in [-0.25, -0.2) is 8.42 Å². The van der Waals surface area contributed by atoms with Crippen LogP contribution in [-0.4, -0.2) is 46.5 Å². The molecule has 0 spiro atoms. The van der Waals surface area contributed by atoms with Crippen molar-refractivity contribution in [1.82, 2.24) is 19.1 Å². The number of amides is 1. The fraction of sp³-hybridized carbons (Fsp3) is 0.462. The van der Waals surface area contributed by atoms with Gasteiger partial charge in [0.2, 0.25) is 20.2 Å². The van der Waals surface area contributed by atoms with Crippen LogP contribution in [0.4, 0.5) is 18.3 Å². The molecule has 13 heteroatoms. The van der Waals surface area contributed by atoms with Gasteiger partial charge in [-0.3, -0.25) is 10.1 Å². The highest BCUT2D eigenvalue weighted by Crippen LogP contribution is 2.33. The highest BCUT2D eigenvalue weighted by molar-refractivity contribution is 7.89. The summed E-state index contributed by atoms with van der Waals surface area (Å²) in [5.41, 5.74) is -0.0421. The topological polar surface area (TPSA) is 97.2 Å². The quantitative estimate of drug-likeness (QED) is 0.786. The van der Waals surface area contributed by atoms with E-state index in [0.29, 0.717) is 0 Å². The first kappa shape index (κ1) is 20.3. The number of rotatable bonds is 6. The number of nitrogens with zero attached hydrogens (tertiary/aromatic N) is 4. The molecule has 0 saturated carbocycles. The smallest absolute Gasteiger partial charge is 0.345 e. The van der Waals surface area contributed by atoms with Gasteiger partial charge in [0, 0.05) is 26.3 Å². The lowest BCUT2D eigenvalue weighted by molar-refractivity contribution is -0.138. The maximum absolute atomic E-state index is 12.5. The molecule has 0 aliphatic heterocycles. The second-order valence-electron chi connectivity index (χ2n) is 5.13. The van der Waals surface area contributed by atoms with Crippen molar-refractivity contribution in [2.75, 3.05) is 18.4 Å². The lowest BCUT2D eigenvalue weighted by Gasteiger charge is -2.17. The Morgan fingerprint density at radius 1 is 1.31 bits per heavy atom. The van der Waals surface area contributed by atoms with Crippen molar-refractivity contribution in [3.8, 4) is 0 Å². The molecule has 8 nitrogen and oxygen atoms in total. The van der Waals surface area contributed by atoms with Crippen LogP contribution < -0.4 is 5.32 Å². The molecule has 144 valence electrons. The van der Waals surface area contributed by atoms with Gasteiger partial charge in [0.25, 0.3) is 5.91 Å². The molecule has 2 aromatic rings. The summed E-state index contributed by atoms with van der Waals surface area (Å²) in [5.74, 6) is -0.793. The SMILES string of the molecule is CCN(CC)S(=O)(=O)c1cc(C(=O)Nc2nnc(C(F)(F)F)s2)n(C)c1. The Labute approximate surface area is 151 Å². The molecule has 2 rings (SSSR count). The van der Waals surface area contributed by atoms with Crippen LogP contribution in [0.2, 0.25) is 0 Å². The number of hydrogen-bond acceptors (Lipinski definition) is 6. The van der Waals surface area contributed by atoms with Crippen LogP contribution in [0.15, 0.2) is 17.2 Å². The van der Waals surface area contributed by atoms with Crippen LogP contribution in [0.3, 0.4) is 0 Å². The minimum absolute atomic E-state index is 0.0421. The molecule has 2 heterocycles. The number of carbonyl (C=O) groups excluding carboxylic acids is 1. The Bertz CT molecular complexity index is 901. The fourth-order valence-electron chi connectivity index (χ4n) is 2.16. The van der Waals surface area contributed by atoms with E-state index in [0.717, 1.165) is 6.07 Å². The van der Waals surface area contributed by atoms with Gasteiger partial charge >= 0.3 is 6.18 Å². The van der Waals surface area contributed by atoms with E-state index in [1.807, 2.05) is 0 Å². The summed E-state index contributed by atoms with van der Waals surface area (Å²) in [6, 6.07) is 1.16. The van der Waals surface area contributed by atoms with E-state index in [2.05, 4.69) is 15.5 Å². The lowest BCUT2D eigenvalue weighted by Crippen LogP contribution is -2.30. The van der Waals surface area contributed by atoms with Crippen LogP contribution in [-0.2, 0) is 23.2 Å². The Morgan fingerprint density at radius 3 is 2.42 bits per heavy atom. The number of anilines is 1. The number of hydrogen-bond donors (Lipinski definition) is 1. The Morgan fingerprint density at radius 2 is 1.92 bits per heavy atom. The van der Waals surface area contributed by atoms with Gasteiger partial charge in [-0.1, -0.05) is 25.2 Å². The van der Waals surface area contributed by atoms with Crippen LogP contribution in [0.25, 0.3) is 0 Å². The summed E-state index contributed by atoms with van der Waals surface area (Å²) < 4.78 is 65.1. The molecule has 0 fully saturated rings. The zero-order chi connectivity index (χ0) is 19.7. The summed E-state index contributed by atoms with van der Waals surface area (Å²) >= 11 is 0.178. The fourth-order valence-corrected chi connectivity index (χ4v) is 4.30. The standard InChI is InChI=1S/C13H16F3N5O3S2/c1-4-21(5-2)26(23,24)8-6-9(20(3)7-8)10(22)17-12-19-18-11(25-12)13(14,15)16/h6-7H,4-5H2,1-3H3,(H,17,19,22). The predicted molar refractivity (Wildman–Crippen MR) is 88.4 cm³/mol. The molecule has 0 radical (unpaired) electrons. The number of sulfonamides is 1. The van der Waals surface area contributed by atoms with Crippen LogP contribution >= 0.6 is 11.3 Å². The second-order valence-corrected chi connectivity index (χ2v) is 8.04. The zero-order valence-electron chi connectivity index (χ0n) is 14.0. The summed E-state index contributed by atoms with van der Waals surface area (Å²) in [7, 11) is -2.31. The number of nitrogens with one attached hydrogen (secondary N) is 1. The van der Waals surface area contributed by atoms with Crippen molar-refractivity contribution >= 4 is 32.4 Å². The Kier molecular flexibility index (Phi) is 5.73. The molecular formula is C13H16F3N5O3S2. The number of carbonyl (C=O) groups is 1. The third kappa shape index (κ3) is 4.04. The summed E-state index contributed by atoms with van der Waals surface area (Å²) in [5, 5.41) is 6.90. The average molecular weight is 411 g/mol. The highest BCUT2D eigenvalue weighted by Gasteiger charge is 2.36. The summed E-state index contributed by atoms with van der Waals surface area (Å²) in [4.78, 5) is 12.2. The van der Waals surface area contributed by atoms with E-state index in [1.165, 1.54) is 22.1 Å². The molecular weight excluding hydrogens is 395 g/mol. The molecule has 2 aromatic heterocycles. The van der Waals surface area contributed by atoms with Gasteiger partial charge in [-0.2, -0.15) is 17.5 Å². The minimum atomic E-state index is -4.66. The van der Waals surface area contributed by atoms with E-state index in [1.54, 1.807) is 13.8 Å². The average Bonchev–Trinajstić information content (AvgIpc) is 3.14. The molecule has 0 unspecified atom stereocenters. The van der Waals surface area contributed by atoms with Crippen molar-refractivity contribution in [2.45, 2.75) is 24.9 Å². The van der Waals surface area contributed by atoms with Gasteiger partial charge in [0.15, 0.2) is 0 Å². The Hall–Kier alpha value is -1.99. The summed E-state index contributed by atoms with van der Waals surface area (Å²) in [6.45, 7) is 3.90. The third-order valence-electron chi connectivity index (χ3n) is 3.44.